The Bertz CT molecular complexity index is 1390. The van der Waals surface area contributed by atoms with Crippen LogP contribution in [-0.4, -0.2) is 41.3 Å². The number of aromatic hydroxyl groups is 1. The predicted octanol–water partition coefficient (Wildman–Crippen LogP) is 5.44. The van der Waals surface area contributed by atoms with Crippen LogP contribution < -0.4 is 4.74 Å². The summed E-state index contributed by atoms with van der Waals surface area (Å²) in [5, 5.41) is 12.1. The molecular formula is C30H31NO4. The summed E-state index contributed by atoms with van der Waals surface area (Å²) in [6, 6.07) is 12.5. The zero-order valence-electron chi connectivity index (χ0n) is 20.1. The number of benzene rings is 2. The normalized spacial score (nSPS) is 32.6. The fraction of sp³-hybridized carbons (Fsp3) is 0.467. The van der Waals surface area contributed by atoms with Gasteiger partial charge < -0.3 is 19.0 Å². The maximum absolute atomic E-state index is 11.0. The van der Waals surface area contributed by atoms with Crippen molar-refractivity contribution in [3.8, 4) is 11.5 Å². The summed E-state index contributed by atoms with van der Waals surface area (Å²) >= 11 is 0. The second kappa shape index (κ2) is 6.92. The summed E-state index contributed by atoms with van der Waals surface area (Å²) in [5.41, 5.74) is 3.78. The Labute approximate surface area is 205 Å². The Morgan fingerprint density at radius 1 is 1.20 bits per heavy atom. The number of hydrogen-bond donors (Lipinski definition) is 1. The van der Waals surface area contributed by atoms with Gasteiger partial charge in [-0.2, -0.15) is 0 Å². The number of fused-ring (bicyclic) bond motifs is 4. The molecule has 0 unspecified atom stereocenters. The first kappa shape index (κ1) is 20.4. The minimum atomic E-state index is -0.448. The topological polar surface area (TPSA) is 55.1 Å². The van der Waals surface area contributed by atoms with Crippen LogP contribution in [0.3, 0.4) is 0 Å². The van der Waals surface area contributed by atoms with E-state index in [0.29, 0.717) is 12.4 Å². The Morgan fingerprint density at radius 3 is 2.94 bits per heavy atom. The van der Waals surface area contributed by atoms with Gasteiger partial charge >= 0.3 is 0 Å². The number of nitrogens with zero attached hydrogens (tertiary/aromatic N) is 1. The van der Waals surface area contributed by atoms with Crippen LogP contribution in [0, 0.1) is 5.92 Å². The summed E-state index contributed by atoms with van der Waals surface area (Å²) in [6.07, 6.45) is 9.26. The molecule has 2 bridgehead atoms. The van der Waals surface area contributed by atoms with Crippen molar-refractivity contribution in [1.82, 2.24) is 4.90 Å². The molecule has 1 aromatic heterocycles. The van der Waals surface area contributed by atoms with Gasteiger partial charge in [0.15, 0.2) is 17.6 Å². The Balaban J connectivity index is 1.42. The molecule has 2 fully saturated rings. The van der Waals surface area contributed by atoms with Crippen molar-refractivity contribution < 1.29 is 19.0 Å². The summed E-state index contributed by atoms with van der Waals surface area (Å²) in [4.78, 5) is 2.73. The van der Waals surface area contributed by atoms with Crippen LogP contribution in [0.4, 0.5) is 0 Å². The molecule has 3 heterocycles. The average molecular weight is 470 g/mol. The monoisotopic (exact) mass is 469 g/mol. The predicted molar refractivity (Wildman–Crippen MR) is 133 cm³/mol. The van der Waals surface area contributed by atoms with Gasteiger partial charge in [0.2, 0.25) is 0 Å². The van der Waals surface area contributed by atoms with Crippen LogP contribution in [0.25, 0.3) is 11.0 Å². The van der Waals surface area contributed by atoms with Gasteiger partial charge in [0, 0.05) is 35.5 Å². The van der Waals surface area contributed by atoms with E-state index in [4.69, 9.17) is 13.9 Å². The highest BCUT2D eigenvalue weighted by molar-refractivity contribution is 5.84. The van der Waals surface area contributed by atoms with Gasteiger partial charge in [0.05, 0.1) is 12.0 Å². The fourth-order valence-corrected chi connectivity index (χ4v) is 7.96. The van der Waals surface area contributed by atoms with Crippen molar-refractivity contribution >= 4 is 11.0 Å². The molecule has 5 nitrogen and oxygen atoms in total. The third-order valence-corrected chi connectivity index (χ3v) is 9.56. The molecule has 1 spiro atoms. The van der Waals surface area contributed by atoms with E-state index in [-0.39, 0.29) is 23.3 Å². The summed E-state index contributed by atoms with van der Waals surface area (Å²) < 4.78 is 20.5. The largest absolute Gasteiger partial charge is 0.504 e. The van der Waals surface area contributed by atoms with Gasteiger partial charge in [-0.1, -0.05) is 36.4 Å². The first-order valence-electron chi connectivity index (χ1n) is 13.2. The molecule has 5 heteroatoms. The van der Waals surface area contributed by atoms with Crippen molar-refractivity contribution in [3.05, 3.63) is 71.0 Å². The molecular weight excluding hydrogens is 438 g/mol. The highest BCUT2D eigenvalue weighted by atomic mass is 16.5. The SMILES string of the molecule is C/C=C/CO[C@@]12Cc3c(oc4ccccc34)[C@@H]3Oc4c(O)ccc5c4[C@@]31CCN(CC1CC1)[C@H]2C5. The third kappa shape index (κ3) is 2.46. The lowest BCUT2D eigenvalue weighted by Gasteiger charge is -2.64. The molecule has 0 amide bonds. The lowest BCUT2D eigenvalue weighted by molar-refractivity contribution is -0.201. The van der Waals surface area contributed by atoms with Crippen LogP contribution in [-0.2, 0) is 23.0 Å². The number of likely N-dealkylation sites (tertiary alicyclic amines) is 1. The summed E-state index contributed by atoms with van der Waals surface area (Å²) in [5.74, 6) is 2.62. The molecule has 2 aromatic carbocycles. The van der Waals surface area contributed by atoms with Gasteiger partial charge in [-0.25, -0.2) is 0 Å². The van der Waals surface area contributed by atoms with Crippen LogP contribution in [0.2, 0.25) is 0 Å². The molecule has 1 saturated carbocycles. The highest BCUT2D eigenvalue weighted by Gasteiger charge is 2.74. The standard InChI is InChI=1S/C30H31NO4/c1-2-3-14-33-30-16-21-20-6-4-5-7-23(20)34-26(21)28-29(30)12-13-31(17-18-8-9-18)24(30)15-19-10-11-22(32)27(35-28)25(19)29/h2-7,10-11,18,24,28,32H,8-9,12-17H2,1H3/b3-2+/t24-,28-,29-,30+/m0/s1. The van der Waals surface area contributed by atoms with E-state index >= 15 is 0 Å². The van der Waals surface area contributed by atoms with Crippen molar-refractivity contribution in [2.45, 2.75) is 62.2 Å². The Hall–Kier alpha value is -2.76. The smallest absolute Gasteiger partial charge is 0.169 e. The van der Waals surface area contributed by atoms with E-state index in [0.717, 1.165) is 55.0 Å². The lowest BCUT2D eigenvalue weighted by Crippen LogP contribution is -2.75. The average Bonchev–Trinajstić information content (AvgIpc) is 3.50. The van der Waals surface area contributed by atoms with E-state index in [1.807, 2.05) is 12.1 Å². The van der Waals surface area contributed by atoms with Gasteiger partial charge in [-0.15, -0.1) is 0 Å². The minimum Gasteiger partial charge on any atom is -0.504 e. The quantitative estimate of drug-likeness (QED) is 0.505. The van der Waals surface area contributed by atoms with Crippen molar-refractivity contribution in [2.75, 3.05) is 19.7 Å². The third-order valence-electron chi connectivity index (χ3n) is 9.56. The van der Waals surface area contributed by atoms with Crippen LogP contribution in [0.1, 0.15) is 54.7 Å². The van der Waals surface area contributed by atoms with Crippen LogP contribution >= 0.6 is 0 Å². The molecule has 3 aliphatic carbocycles. The molecule has 4 atom stereocenters. The van der Waals surface area contributed by atoms with Crippen LogP contribution in [0.15, 0.2) is 53.0 Å². The highest BCUT2D eigenvalue weighted by Crippen LogP contribution is 2.70. The van der Waals surface area contributed by atoms with E-state index in [9.17, 15) is 5.11 Å². The van der Waals surface area contributed by atoms with Gasteiger partial charge in [0.1, 0.15) is 16.9 Å². The van der Waals surface area contributed by atoms with Crippen molar-refractivity contribution in [2.24, 2.45) is 5.92 Å². The second-order valence-corrected chi connectivity index (χ2v) is 11.2. The molecule has 5 aliphatic rings. The lowest BCUT2D eigenvalue weighted by atomic mass is 9.49. The fourth-order valence-electron chi connectivity index (χ4n) is 7.96. The van der Waals surface area contributed by atoms with Gasteiger partial charge in [0.25, 0.3) is 0 Å². The molecule has 1 N–H and O–H groups in total. The maximum atomic E-state index is 11.0. The summed E-state index contributed by atoms with van der Waals surface area (Å²) in [7, 11) is 0. The number of rotatable bonds is 5. The van der Waals surface area contributed by atoms with E-state index in [1.54, 1.807) is 0 Å². The number of allylic oxidation sites excluding steroid dienone is 1. The number of piperidine rings is 1. The Morgan fingerprint density at radius 2 is 2.09 bits per heavy atom. The molecule has 180 valence electrons. The molecule has 2 aliphatic heterocycles. The molecule has 0 radical (unpaired) electrons. The van der Waals surface area contributed by atoms with Gasteiger partial charge in [-0.3, -0.25) is 4.90 Å². The van der Waals surface area contributed by atoms with E-state index in [1.165, 1.54) is 29.5 Å². The zero-order valence-corrected chi connectivity index (χ0v) is 20.1. The zero-order chi connectivity index (χ0) is 23.4. The van der Waals surface area contributed by atoms with E-state index < -0.39 is 5.60 Å². The van der Waals surface area contributed by atoms with E-state index in [2.05, 4.69) is 48.2 Å². The second-order valence-electron chi connectivity index (χ2n) is 11.2. The molecule has 8 rings (SSSR count). The number of ether oxygens (including phenoxy) is 2. The molecule has 1 saturated heterocycles. The first-order chi connectivity index (χ1) is 17.2. The van der Waals surface area contributed by atoms with Crippen LogP contribution in [0.5, 0.6) is 11.5 Å². The maximum Gasteiger partial charge on any atom is 0.169 e. The minimum absolute atomic E-state index is 0.228. The number of phenols is 1. The number of para-hydroxylation sites is 1. The molecule has 3 aromatic rings. The number of furan rings is 1. The number of hydrogen-bond acceptors (Lipinski definition) is 5. The number of phenolic OH excluding ortho intramolecular Hbond substituents is 1. The molecule has 35 heavy (non-hydrogen) atoms. The van der Waals surface area contributed by atoms with Gasteiger partial charge in [-0.05, 0) is 62.8 Å². The van der Waals surface area contributed by atoms with Crippen molar-refractivity contribution in [3.63, 3.8) is 0 Å². The van der Waals surface area contributed by atoms with Crippen molar-refractivity contribution in [1.29, 1.82) is 0 Å². The Kier molecular flexibility index (Phi) is 4.04. The summed E-state index contributed by atoms with van der Waals surface area (Å²) in [6.45, 7) is 4.81. The first-order valence-corrected chi connectivity index (χ1v) is 13.2.